The Morgan fingerprint density at radius 3 is 2.43 bits per heavy atom. The van der Waals surface area contributed by atoms with Crippen LogP contribution < -0.4 is 15.4 Å². The van der Waals surface area contributed by atoms with Gasteiger partial charge < -0.3 is 15.4 Å². The number of rotatable bonds is 6. The number of nitrogens with one attached hydrogen (secondary N) is 2. The van der Waals surface area contributed by atoms with Gasteiger partial charge in [0.05, 0.1) is 6.10 Å². The quantitative estimate of drug-likeness (QED) is 0.377. The molecule has 5 heteroatoms. The molecular weight excluding hydrogens is 366 g/mol. The number of pyridine rings is 1. The number of aryl methyl sites for hydroxylation is 1. The third-order valence-electron chi connectivity index (χ3n) is 4.43. The lowest BCUT2D eigenvalue weighted by Crippen LogP contribution is -2.05. The molecule has 4 aromatic rings. The largest absolute Gasteiger partial charge is 0.491 e. The van der Waals surface area contributed by atoms with E-state index in [9.17, 15) is 0 Å². The molecule has 0 saturated heterocycles. The standard InChI is InChI=1S/C23H23N3OS/c1-15(2)27-19-7-5-17(6-8-19)26-23-21-9-4-16(3)22(20(21)10-12-24-23)25-18-11-13-28-14-18/h4-15,25H,1-3H3,(H,24,26). The van der Waals surface area contributed by atoms with Crippen LogP contribution in [-0.4, -0.2) is 11.1 Å². The summed E-state index contributed by atoms with van der Waals surface area (Å²) < 4.78 is 5.72. The SMILES string of the molecule is Cc1ccc2c(Nc3ccc(OC(C)C)cc3)nccc2c1Nc1ccsc1. The molecule has 2 aromatic carbocycles. The zero-order valence-electron chi connectivity index (χ0n) is 16.2. The zero-order valence-corrected chi connectivity index (χ0v) is 17.0. The van der Waals surface area contributed by atoms with E-state index in [1.165, 1.54) is 5.56 Å². The van der Waals surface area contributed by atoms with E-state index in [0.717, 1.165) is 39.4 Å². The number of thiophene rings is 1. The van der Waals surface area contributed by atoms with Crippen molar-refractivity contribution in [1.82, 2.24) is 4.98 Å². The van der Waals surface area contributed by atoms with Gasteiger partial charge in [-0.25, -0.2) is 4.98 Å². The van der Waals surface area contributed by atoms with Crippen LogP contribution in [0.25, 0.3) is 10.8 Å². The fraction of sp³-hybridized carbons (Fsp3) is 0.174. The molecule has 0 saturated carbocycles. The molecule has 0 bridgehead atoms. The molecule has 2 heterocycles. The van der Waals surface area contributed by atoms with Gasteiger partial charge in [-0.1, -0.05) is 12.1 Å². The number of fused-ring (bicyclic) bond motifs is 1. The first-order valence-electron chi connectivity index (χ1n) is 9.31. The van der Waals surface area contributed by atoms with Crippen LogP contribution in [0, 0.1) is 6.92 Å². The Labute approximate surface area is 169 Å². The fourth-order valence-corrected chi connectivity index (χ4v) is 3.72. The van der Waals surface area contributed by atoms with Gasteiger partial charge in [-0.2, -0.15) is 11.3 Å². The first-order chi connectivity index (χ1) is 13.6. The molecule has 2 N–H and O–H groups in total. The number of hydrogen-bond donors (Lipinski definition) is 2. The topological polar surface area (TPSA) is 46.2 Å². The molecule has 0 fully saturated rings. The molecule has 28 heavy (non-hydrogen) atoms. The number of ether oxygens (including phenoxy) is 1. The highest BCUT2D eigenvalue weighted by molar-refractivity contribution is 7.08. The summed E-state index contributed by atoms with van der Waals surface area (Å²) in [6, 6.07) is 16.4. The Morgan fingerprint density at radius 1 is 0.893 bits per heavy atom. The molecular formula is C23H23N3OS. The summed E-state index contributed by atoms with van der Waals surface area (Å²) in [5.41, 5.74) is 4.39. The molecule has 4 rings (SSSR count). The Balaban J connectivity index is 1.66. The number of benzene rings is 2. The van der Waals surface area contributed by atoms with Crippen LogP contribution >= 0.6 is 11.3 Å². The van der Waals surface area contributed by atoms with Gasteiger partial charge in [0.15, 0.2) is 0 Å². The first kappa shape index (κ1) is 18.3. The molecule has 0 spiro atoms. The Kier molecular flexibility index (Phi) is 5.17. The molecule has 0 unspecified atom stereocenters. The summed E-state index contributed by atoms with van der Waals surface area (Å²) >= 11 is 1.68. The highest BCUT2D eigenvalue weighted by Gasteiger charge is 2.10. The molecule has 0 aliphatic carbocycles. The van der Waals surface area contributed by atoms with Crippen LogP contribution in [0.5, 0.6) is 5.75 Å². The number of aromatic nitrogens is 1. The number of hydrogen-bond acceptors (Lipinski definition) is 5. The molecule has 0 aliphatic rings. The normalized spacial score (nSPS) is 11.0. The van der Waals surface area contributed by atoms with Gasteiger partial charge >= 0.3 is 0 Å². The minimum atomic E-state index is 0.163. The summed E-state index contributed by atoms with van der Waals surface area (Å²) in [6.45, 7) is 6.17. The van der Waals surface area contributed by atoms with E-state index < -0.39 is 0 Å². The van der Waals surface area contributed by atoms with Gasteiger partial charge in [0.25, 0.3) is 0 Å². The molecule has 0 radical (unpaired) electrons. The second kappa shape index (κ2) is 7.90. The average Bonchev–Trinajstić information content (AvgIpc) is 3.19. The maximum absolute atomic E-state index is 5.72. The van der Waals surface area contributed by atoms with Crippen LogP contribution in [0.4, 0.5) is 22.9 Å². The molecule has 2 aromatic heterocycles. The van der Waals surface area contributed by atoms with Crippen LogP contribution in [0.15, 0.2) is 65.5 Å². The van der Waals surface area contributed by atoms with Crippen molar-refractivity contribution < 1.29 is 4.74 Å². The van der Waals surface area contributed by atoms with Gasteiger partial charge in [0, 0.05) is 39.4 Å². The summed E-state index contributed by atoms with van der Waals surface area (Å²) in [7, 11) is 0. The van der Waals surface area contributed by atoms with Gasteiger partial charge in [0.2, 0.25) is 0 Å². The summed E-state index contributed by atoms with van der Waals surface area (Å²) in [4.78, 5) is 4.57. The maximum Gasteiger partial charge on any atom is 0.138 e. The second-order valence-corrected chi connectivity index (χ2v) is 7.75. The summed E-state index contributed by atoms with van der Waals surface area (Å²) in [5.74, 6) is 1.70. The van der Waals surface area contributed by atoms with E-state index >= 15 is 0 Å². The van der Waals surface area contributed by atoms with Crippen molar-refractivity contribution >= 4 is 45.0 Å². The minimum absolute atomic E-state index is 0.163. The predicted octanol–water partition coefficient (Wildman–Crippen LogP) is 6.88. The van der Waals surface area contributed by atoms with E-state index in [1.807, 2.05) is 44.3 Å². The van der Waals surface area contributed by atoms with Crippen molar-refractivity contribution in [2.45, 2.75) is 26.9 Å². The summed E-state index contributed by atoms with van der Waals surface area (Å²) in [6.07, 6.45) is 2.01. The number of nitrogens with zero attached hydrogens (tertiary/aromatic N) is 1. The van der Waals surface area contributed by atoms with Gasteiger partial charge in [0.1, 0.15) is 11.6 Å². The van der Waals surface area contributed by atoms with E-state index in [2.05, 4.69) is 57.6 Å². The lowest BCUT2D eigenvalue weighted by Gasteiger charge is -2.15. The lowest BCUT2D eigenvalue weighted by molar-refractivity contribution is 0.242. The van der Waals surface area contributed by atoms with Crippen molar-refractivity contribution in [1.29, 1.82) is 0 Å². The monoisotopic (exact) mass is 389 g/mol. The smallest absolute Gasteiger partial charge is 0.138 e. The van der Waals surface area contributed by atoms with Crippen LogP contribution in [0.3, 0.4) is 0 Å². The third-order valence-corrected chi connectivity index (χ3v) is 5.12. The van der Waals surface area contributed by atoms with Crippen LogP contribution in [0.2, 0.25) is 0 Å². The molecule has 4 nitrogen and oxygen atoms in total. The molecule has 0 amide bonds. The molecule has 0 atom stereocenters. The number of anilines is 4. The Bertz CT molecular complexity index is 1070. The van der Waals surface area contributed by atoms with Gasteiger partial charge in [-0.05, 0) is 68.1 Å². The minimum Gasteiger partial charge on any atom is -0.491 e. The third kappa shape index (κ3) is 3.94. The van der Waals surface area contributed by atoms with Crippen molar-refractivity contribution in [3.05, 3.63) is 71.1 Å². The van der Waals surface area contributed by atoms with Crippen molar-refractivity contribution in [2.75, 3.05) is 10.6 Å². The molecule has 142 valence electrons. The van der Waals surface area contributed by atoms with E-state index in [1.54, 1.807) is 11.3 Å². The van der Waals surface area contributed by atoms with Crippen molar-refractivity contribution in [2.24, 2.45) is 0 Å². The second-order valence-electron chi connectivity index (χ2n) is 6.97. The highest BCUT2D eigenvalue weighted by Crippen LogP contribution is 2.34. The fourth-order valence-electron chi connectivity index (χ4n) is 3.14. The van der Waals surface area contributed by atoms with Crippen LogP contribution in [0.1, 0.15) is 19.4 Å². The molecule has 0 aliphatic heterocycles. The predicted molar refractivity (Wildman–Crippen MR) is 120 cm³/mol. The first-order valence-corrected chi connectivity index (χ1v) is 10.3. The summed E-state index contributed by atoms with van der Waals surface area (Å²) in [5, 5.41) is 13.4. The lowest BCUT2D eigenvalue weighted by atomic mass is 10.1. The van der Waals surface area contributed by atoms with Crippen molar-refractivity contribution in [3.63, 3.8) is 0 Å². The van der Waals surface area contributed by atoms with Gasteiger partial charge in [-0.3, -0.25) is 0 Å². The van der Waals surface area contributed by atoms with E-state index in [-0.39, 0.29) is 6.10 Å². The maximum atomic E-state index is 5.72. The van der Waals surface area contributed by atoms with Crippen LogP contribution in [-0.2, 0) is 0 Å². The Hall–Kier alpha value is -3.05. The van der Waals surface area contributed by atoms with E-state index in [0.29, 0.717) is 0 Å². The average molecular weight is 390 g/mol. The highest BCUT2D eigenvalue weighted by atomic mass is 32.1. The Morgan fingerprint density at radius 2 is 1.71 bits per heavy atom. The van der Waals surface area contributed by atoms with Crippen molar-refractivity contribution in [3.8, 4) is 5.75 Å². The zero-order chi connectivity index (χ0) is 19.5. The van der Waals surface area contributed by atoms with E-state index in [4.69, 9.17) is 4.74 Å². The van der Waals surface area contributed by atoms with Gasteiger partial charge in [-0.15, -0.1) is 0 Å².